The number of hydrogen-bond donors (Lipinski definition) is 1. The SMILES string of the molecule is NCc1cnc2n1CCCC2. The fourth-order valence-corrected chi connectivity index (χ4v) is 1.64. The first-order chi connectivity index (χ1) is 5.42. The van der Waals surface area contributed by atoms with Gasteiger partial charge in [-0.05, 0) is 12.8 Å². The summed E-state index contributed by atoms with van der Waals surface area (Å²) in [4.78, 5) is 4.31. The van der Waals surface area contributed by atoms with Crippen LogP contribution >= 0.6 is 0 Å². The molecule has 0 fully saturated rings. The molecule has 1 aromatic heterocycles. The van der Waals surface area contributed by atoms with Crippen molar-refractivity contribution in [1.29, 1.82) is 0 Å². The summed E-state index contributed by atoms with van der Waals surface area (Å²) in [5.41, 5.74) is 6.74. The Kier molecular flexibility index (Phi) is 1.66. The Balaban J connectivity index is 2.38. The molecule has 2 N–H and O–H groups in total. The Hall–Kier alpha value is -0.830. The lowest BCUT2D eigenvalue weighted by Gasteiger charge is -2.15. The number of fused-ring (bicyclic) bond motifs is 1. The molecule has 0 amide bonds. The third-order valence-electron chi connectivity index (χ3n) is 2.26. The van der Waals surface area contributed by atoms with Crippen molar-refractivity contribution in [2.45, 2.75) is 32.4 Å². The second-order valence-corrected chi connectivity index (χ2v) is 2.98. The van der Waals surface area contributed by atoms with Crippen molar-refractivity contribution in [3.05, 3.63) is 17.7 Å². The van der Waals surface area contributed by atoms with Crippen LogP contribution < -0.4 is 5.73 Å². The van der Waals surface area contributed by atoms with E-state index < -0.39 is 0 Å². The molecule has 0 aromatic carbocycles. The van der Waals surface area contributed by atoms with Crippen molar-refractivity contribution >= 4 is 0 Å². The summed E-state index contributed by atoms with van der Waals surface area (Å²) in [6.45, 7) is 1.73. The van der Waals surface area contributed by atoms with Gasteiger partial charge in [-0.2, -0.15) is 0 Å². The van der Waals surface area contributed by atoms with E-state index >= 15 is 0 Å². The number of rotatable bonds is 1. The average molecular weight is 151 g/mol. The van der Waals surface area contributed by atoms with Gasteiger partial charge in [0.05, 0.1) is 5.69 Å². The van der Waals surface area contributed by atoms with Gasteiger partial charge in [-0.1, -0.05) is 0 Å². The minimum atomic E-state index is 0.618. The van der Waals surface area contributed by atoms with E-state index in [2.05, 4.69) is 9.55 Å². The Labute approximate surface area is 66.2 Å². The molecule has 0 spiro atoms. The van der Waals surface area contributed by atoms with Crippen LogP contribution in [0.1, 0.15) is 24.4 Å². The maximum Gasteiger partial charge on any atom is 0.108 e. The Morgan fingerprint density at radius 2 is 2.45 bits per heavy atom. The quantitative estimate of drug-likeness (QED) is 0.641. The van der Waals surface area contributed by atoms with Gasteiger partial charge in [-0.3, -0.25) is 0 Å². The molecule has 1 aliphatic heterocycles. The zero-order chi connectivity index (χ0) is 7.68. The zero-order valence-corrected chi connectivity index (χ0v) is 6.58. The highest BCUT2D eigenvalue weighted by Gasteiger charge is 2.11. The molecule has 2 heterocycles. The molecule has 0 bridgehead atoms. The number of nitrogens with zero attached hydrogens (tertiary/aromatic N) is 2. The second-order valence-electron chi connectivity index (χ2n) is 2.98. The number of hydrogen-bond acceptors (Lipinski definition) is 2. The Morgan fingerprint density at radius 3 is 3.27 bits per heavy atom. The first-order valence-electron chi connectivity index (χ1n) is 4.15. The third kappa shape index (κ3) is 1.05. The monoisotopic (exact) mass is 151 g/mol. The first kappa shape index (κ1) is 6.85. The Bertz CT molecular complexity index is 238. The zero-order valence-electron chi connectivity index (χ0n) is 6.58. The lowest BCUT2D eigenvalue weighted by Crippen LogP contribution is -2.14. The summed E-state index contributed by atoms with van der Waals surface area (Å²) in [5, 5.41) is 0. The van der Waals surface area contributed by atoms with Crippen LogP contribution in [-0.4, -0.2) is 9.55 Å². The molecule has 0 atom stereocenters. The first-order valence-corrected chi connectivity index (χ1v) is 4.15. The molecule has 11 heavy (non-hydrogen) atoms. The summed E-state index contributed by atoms with van der Waals surface area (Å²) in [5.74, 6) is 1.22. The van der Waals surface area contributed by atoms with Crippen molar-refractivity contribution in [3.8, 4) is 0 Å². The molecule has 0 aliphatic carbocycles. The molecule has 0 saturated carbocycles. The fraction of sp³-hybridized carbons (Fsp3) is 0.625. The van der Waals surface area contributed by atoms with E-state index in [9.17, 15) is 0 Å². The van der Waals surface area contributed by atoms with Gasteiger partial charge in [0.2, 0.25) is 0 Å². The van der Waals surface area contributed by atoms with E-state index in [0.29, 0.717) is 6.54 Å². The smallest absolute Gasteiger partial charge is 0.108 e. The summed E-state index contributed by atoms with van der Waals surface area (Å²) < 4.78 is 2.25. The van der Waals surface area contributed by atoms with Gasteiger partial charge in [-0.15, -0.1) is 0 Å². The molecule has 2 rings (SSSR count). The van der Waals surface area contributed by atoms with Gasteiger partial charge in [0.15, 0.2) is 0 Å². The third-order valence-corrected chi connectivity index (χ3v) is 2.26. The predicted molar refractivity (Wildman–Crippen MR) is 43.1 cm³/mol. The normalized spacial score (nSPS) is 16.5. The number of aryl methyl sites for hydroxylation is 1. The van der Waals surface area contributed by atoms with Crippen LogP contribution in [0.3, 0.4) is 0 Å². The van der Waals surface area contributed by atoms with E-state index in [1.807, 2.05) is 6.20 Å². The highest BCUT2D eigenvalue weighted by Crippen LogP contribution is 2.15. The minimum absolute atomic E-state index is 0.618. The number of imidazole rings is 1. The maximum atomic E-state index is 5.56. The molecule has 0 unspecified atom stereocenters. The second kappa shape index (κ2) is 2.66. The summed E-state index contributed by atoms with van der Waals surface area (Å²) in [6.07, 6.45) is 5.58. The molecule has 0 saturated heterocycles. The predicted octanol–water partition coefficient (Wildman–Crippen LogP) is 0.678. The van der Waals surface area contributed by atoms with Crippen molar-refractivity contribution in [1.82, 2.24) is 9.55 Å². The lowest BCUT2D eigenvalue weighted by atomic mass is 10.2. The highest BCUT2D eigenvalue weighted by atomic mass is 15.1. The van der Waals surface area contributed by atoms with E-state index in [1.165, 1.54) is 24.4 Å². The summed E-state index contributed by atoms with van der Waals surface area (Å²) in [7, 11) is 0. The van der Waals surface area contributed by atoms with Gasteiger partial charge in [0, 0.05) is 25.7 Å². The standard InChI is InChI=1S/C8H13N3/c9-5-7-6-10-8-3-1-2-4-11(7)8/h6H,1-5,9H2. The molecular formula is C8H13N3. The molecule has 3 nitrogen and oxygen atoms in total. The average Bonchev–Trinajstić information content (AvgIpc) is 2.47. The van der Waals surface area contributed by atoms with Crippen molar-refractivity contribution in [3.63, 3.8) is 0 Å². The number of nitrogens with two attached hydrogens (primary N) is 1. The highest BCUT2D eigenvalue weighted by molar-refractivity contribution is 5.06. The molecule has 3 heteroatoms. The molecule has 60 valence electrons. The van der Waals surface area contributed by atoms with E-state index in [1.54, 1.807) is 0 Å². The molecule has 1 aliphatic rings. The molecule has 0 radical (unpaired) electrons. The van der Waals surface area contributed by atoms with Crippen molar-refractivity contribution < 1.29 is 0 Å². The number of aromatic nitrogens is 2. The van der Waals surface area contributed by atoms with Gasteiger partial charge in [0.25, 0.3) is 0 Å². The largest absolute Gasteiger partial charge is 0.331 e. The maximum absolute atomic E-state index is 5.56. The Morgan fingerprint density at radius 1 is 1.55 bits per heavy atom. The van der Waals surface area contributed by atoms with E-state index in [-0.39, 0.29) is 0 Å². The summed E-state index contributed by atoms with van der Waals surface area (Å²) in [6, 6.07) is 0. The van der Waals surface area contributed by atoms with Crippen LogP contribution in [-0.2, 0) is 19.5 Å². The molecule has 1 aromatic rings. The van der Waals surface area contributed by atoms with E-state index in [0.717, 1.165) is 13.0 Å². The fourth-order valence-electron chi connectivity index (χ4n) is 1.64. The van der Waals surface area contributed by atoms with Crippen LogP contribution in [0.4, 0.5) is 0 Å². The molecular weight excluding hydrogens is 138 g/mol. The minimum Gasteiger partial charge on any atom is -0.331 e. The lowest BCUT2D eigenvalue weighted by molar-refractivity contribution is 0.508. The van der Waals surface area contributed by atoms with Crippen LogP contribution in [0.2, 0.25) is 0 Å². The van der Waals surface area contributed by atoms with Crippen molar-refractivity contribution in [2.24, 2.45) is 5.73 Å². The summed E-state index contributed by atoms with van der Waals surface area (Å²) >= 11 is 0. The van der Waals surface area contributed by atoms with Gasteiger partial charge in [-0.25, -0.2) is 4.98 Å². The van der Waals surface area contributed by atoms with E-state index in [4.69, 9.17) is 5.73 Å². The topological polar surface area (TPSA) is 43.8 Å². The van der Waals surface area contributed by atoms with Crippen LogP contribution in [0.25, 0.3) is 0 Å². The van der Waals surface area contributed by atoms with Crippen LogP contribution in [0.15, 0.2) is 6.20 Å². The van der Waals surface area contributed by atoms with Crippen LogP contribution in [0, 0.1) is 0 Å². The van der Waals surface area contributed by atoms with Gasteiger partial charge < -0.3 is 10.3 Å². The van der Waals surface area contributed by atoms with Gasteiger partial charge in [0.1, 0.15) is 5.82 Å². The van der Waals surface area contributed by atoms with Crippen molar-refractivity contribution in [2.75, 3.05) is 0 Å². The van der Waals surface area contributed by atoms with Gasteiger partial charge >= 0.3 is 0 Å². The van der Waals surface area contributed by atoms with Crippen LogP contribution in [0.5, 0.6) is 0 Å².